The Hall–Kier alpha value is -0.0800. The molecule has 1 fully saturated rings. The van der Waals surface area contributed by atoms with Crippen molar-refractivity contribution in [2.45, 2.75) is 53.5 Å². The first-order chi connectivity index (χ1) is 7.37. The molecule has 0 saturated carbocycles. The minimum atomic E-state index is 0.480. The van der Waals surface area contributed by atoms with E-state index in [0.29, 0.717) is 11.5 Å². The molecule has 1 aliphatic rings. The molecule has 0 aromatic carbocycles. The number of nitrogens with zero attached hydrogens (tertiary/aromatic N) is 1. The van der Waals surface area contributed by atoms with Crippen molar-refractivity contribution >= 4 is 0 Å². The van der Waals surface area contributed by atoms with Gasteiger partial charge in [-0.2, -0.15) is 0 Å². The van der Waals surface area contributed by atoms with E-state index in [1.54, 1.807) is 0 Å². The summed E-state index contributed by atoms with van der Waals surface area (Å²) in [7, 11) is 0. The Balaban J connectivity index is 2.15. The second-order valence-electron chi connectivity index (χ2n) is 6.83. The zero-order chi connectivity index (χ0) is 12.2. The van der Waals surface area contributed by atoms with Crippen LogP contribution in [0.3, 0.4) is 0 Å². The summed E-state index contributed by atoms with van der Waals surface area (Å²) >= 11 is 0. The van der Waals surface area contributed by atoms with Crippen molar-refractivity contribution in [1.82, 2.24) is 10.2 Å². The van der Waals surface area contributed by atoms with Gasteiger partial charge in [0.15, 0.2) is 0 Å². The fourth-order valence-electron chi connectivity index (χ4n) is 2.18. The predicted octanol–water partition coefficient (Wildman–Crippen LogP) is 2.74. The monoisotopic (exact) mass is 226 g/mol. The highest BCUT2D eigenvalue weighted by Gasteiger charge is 2.23. The van der Waals surface area contributed by atoms with Crippen LogP contribution in [0.1, 0.15) is 47.5 Å². The van der Waals surface area contributed by atoms with Gasteiger partial charge in [0.05, 0.1) is 0 Å². The SMILES string of the molecule is CC(C)NCC1CCN(CCC(C)(C)C)C1. The van der Waals surface area contributed by atoms with Gasteiger partial charge >= 0.3 is 0 Å². The molecule has 1 heterocycles. The summed E-state index contributed by atoms with van der Waals surface area (Å²) in [5, 5.41) is 3.55. The second kappa shape index (κ2) is 6.02. The number of hydrogen-bond donors (Lipinski definition) is 1. The maximum Gasteiger partial charge on any atom is 0.00223 e. The van der Waals surface area contributed by atoms with Crippen LogP contribution in [0.4, 0.5) is 0 Å². The van der Waals surface area contributed by atoms with Crippen molar-refractivity contribution in [3.05, 3.63) is 0 Å². The summed E-state index contributed by atoms with van der Waals surface area (Å²) in [5.41, 5.74) is 0.480. The highest BCUT2D eigenvalue weighted by Crippen LogP contribution is 2.22. The molecule has 16 heavy (non-hydrogen) atoms. The van der Waals surface area contributed by atoms with Crippen LogP contribution in [-0.4, -0.2) is 37.1 Å². The summed E-state index contributed by atoms with van der Waals surface area (Å²) < 4.78 is 0. The van der Waals surface area contributed by atoms with E-state index in [2.05, 4.69) is 44.8 Å². The topological polar surface area (TPSA) is 15.3 Å². The molecule has 0 spiro atoms. The highest BCUT2D eigenvalue weighted by atomic mass is 15.1. The van der Waals surface area contributed by atoms with Crippen LogP contribution in [0.15, 0.2) is 0 Å². The molecule has 0 amide bonds. The minimum Gasteiger partial charge on any atom is -0.314 e. The average molecular weight is 226 g/mol. The smallest absolute Gasteiger partial charge is 0.00223 e. The van der Waals surface area contributed by atoms with Crippen molar-refractivity contribution in [1.29, 1.82) is 0 Å². The van der Waals surface area contributed by atoms with E-state index in [1.807, 2.05) is 0 Å². The van der Waals surface area contributed by atoms with Crippen LogP contribution in [0.2, 0.25) is 0 Å². The molecule has 1 unspecified atom stereocenters. The summed E-state index contributed by atoms with van der Waals surface area (Å²) in [5.74, 6) is 0.877. The average Bonchev–Trinajstić information content (AvgIpc) is 2.58. The van der Waals surface area contributed by atoms with Gasteiger partial charge in [0.2, 0.25) is 0 Å². The largest absolute Gasteiger partial charge is 0.314 e. The van der Waals surface area contributed by atoms with Crippen LogP contribution >= 0.6 is 0 Å². The van der Waals surface area contributed by atoms with E-state index in [9.17, 15) is 0 Å². The molecule has 96 valence electrons. The molecule has 1 N–H and O–H groups in total. The highest BCUT2D eigenvalue weighted by molar-refractivity contribution is 4.78. The number of rotatable bonds is 5. The van der Waals surface area contributed by atoms with Gasteiger partial charge in [-0.05, 0) is 43.8 Å². The number of hydrogen-bond acceptors (Lipinski definition) is 2. The van der Waals surface area contributed by atoms with Gasteiger partial charge in [-0.15, -0.1) is 0 Å². The normalized spacial score (nSPS) is 23.2. The third-order valence-electron chi connectivity index (χ3n) is 3.36. The predicted molar refractivity (Wildman–Crippen MR) is 71.8 cm³/mol. The molecule has 1 rings (SSSR count). The van der Waals surface area contributed by atoms with E-state index in [4.69, 9.17) is 0 Å². The van der Waals surface area contributed by atoms with Gasteiger partial charge in [-0.1, -0.05) is 34.6 Å². The maximum atomic E-state index is 3.55. The zero-order valence-corrected chi connectivity index (χ0v) is 11.8. The van der Waals surface area contributed by atoms with Gasteiger partial charge < -0.3 is 10.2 Å². The van der Waals surface area contributed by atoms with Crippen LogP contribution in [0, 0.1) is 11.3 Å². The molecular formula is C14H30N2. The van der Waals surface area contributed by atoms with E-state index in [0.717, 1.165) is 5.92 Å². The van der Waals surface area contributed by atoms with Gasteiger partial charge in [-0.3, -0.25) is 0 Å². The lowest BCUT2D eigenvalue weighted by Gasteiger charge is -2.23. The van der Waals surface area contributed by atoms with E-state index in [-0.39, 0.29) is 0 Å². The first-order valence-electron chi connectivity index (χ1n) is 6.82. The Morgan fingerprint density at radius 1 is 1.31 bits per heavy atom. The van der Waals surface area contributed by atoms with Crippen molar-refractivity contribution in [3.63, 3.8) is 0 Å². The molecule has 1 aliphatic heterocycles. The Bertz CT molecular complexity index is 193. The summed E-state index contributed by atoms with van der Waals surface area (Å²) in [4.78, 5) is 2.64. The summed E-state index contributed by atoms with van der Waals surface area (Å²) in [6.45, 7) is 16.5. The molecule has 1 saturated heterocycles. The Morgan fingerprint density at radius 3 is 2.56 bits per heavy atom. The Kier molecular flexibility index (Phi) is 5.26. The number of likely N-dealkylation sites (tertiary alicyclic amines) is 1. The molecule has 0 aliphatic carbocycles. The van der Waals surface area contributed by atoms with Crippen LogP contribution in [-0.2, 0) is 0 Å². The van der Waals surface area contributed by atoms with Gasteiger partial charge in [0, 0.05) is 12.6 Å². The fourth-order valence-corrected chi connectivity index (χ4v) is 2.18. The molecule has 0 bridgehead atoms. The van der Waals surface area contributed by atoms with E-state index >= 15 is 0 Å². The van der Waals surface area contributed by atoms with Gasteiger partial charge in [-0.25, -0.2) is 0 Å². The minimum absolute atomic E-state index is 0.480. The first kappa shape index (κ1) is 14.0. The van der Waals surface area contributed by atoms with Gasteiger partial charge in [0.1, 0.15) is 0 Å². The van der Waals surface area contributed by atoms with Crippen LogP contribution in [0.25, 0.3) is 0 Å². The standard InChI is InChI=1S/C14H30N2/c1-12(2)15-10-13-6-8-16(11-13)9-7-14(3,4)5/h12-13,15H,6-11H2,1-5H3. The van der Waals surface area contributed by atoms with E-state index in [1.165, 1.54) is 39.0 Å². The summed E-state index contributed by atoms with van der Waals surface area (Å²) in [6.07, 6.45) is 2.70. The molecular weight excluding hydrogens is 196 g/mol. The molecule has 2 nitrogen and oxygen atoms in total. The lowest BCUT2D eigenvalue weighted by Crippen LogP contribution is -2.31. The van der Waals surface area contributed by atoms with Crippen LogP contribution in [0.5, 0.6) is 0 Å². The number of nitrogens with one attached hydrogen (secondary N) is 1. The Morgan fingerprint density at radius 2 is 2.00 bits per heavy atom. The van der Waals surface area contributed by atoms with Gasteiger partial charge in [0.25, 0.3) is 0 Å². The fraction of sp³-hybridized carbons (Fsp3) is 1.00. The lowest BCUT2D eigenvalue weighted by molar-refractivity contribution is 0.257. The van der Waals surface area contributed by atoms with E-state index < -0.39 is 0 Å². The van der Waals surface area contributed by atoms with Crippen LogP contribution < -0.4 is 5.32 Å². The third-order valence-corrected chi connectivity index (χ3v) is 3.36. The molecule has 2 heteroatoms. The zero-order valence-electron chi connectivity index (χ0n) is 11.8. The summed E-state index contributed by atoms with van der Waals surface area (Å²) in [6, 6.07) is 0.628. The van der Waals surface area contributed by atoms with Crippen molar-refractivity contribution in [2.24, 2.45) is 11.3 Å². The third kappa shape index (κ3) is 5.86. The second-order valence-corrected chi connectivity index (χ2v) is 6.83. The van der Waals surface area contributed by atoms with Crippen molar-refractivity contribution < 1.29 is 0 Å². The first-order valence-corrected chi connectivity index (χ1v) is 6.82. The maximum absolute atomic E-state index is 3.55. The molecule has 0 radical (unpaired) electrons. The lowest BCUT2D eigenvalue weighted by atomic mass is 9.92. The molecule has 0 aromatic rings. The van der Waals surface area contributed by atoms with Crippen molar-refractivity contribution in [3.8, 4) is 0 Å². The molecule has 0 aromatic heterocycles. The molecule has 1 atom stereocenters. The quantitative estimate of drug-likeness (QED) is 0.775. The Labute approximate surface area is 102 Å². The van der Waals surface area contributed by atoms with Crippen molar-refractivity contribution in [2.75, 3.05) is 26.2 Å².